The van der Waals surface area contributed by atoms with Gasteiger partial charge >= 0.3 is 0 Å². The van der Waals surface area contributed by atoms with Gasteiger partial charge in [0, 0.05) is 42.2 Å². The van der Waals surface area contributed by atoms with E-state index in [4.69, 9.17) is 0 Å². The Morgan fingerprint density at radius 2 is 1.82 bits per heavy atom. The Labute approximate surface area is 127 Å². The van der Waals surface area contributed by atoms with Crippen molar-refractivity contribution in [2.75, 3.05) is 11.9 Å². The molecule has 6 nitrogen and oxygen atoms in total. The minimum absolute atomic E-state index is 0.121. The van der Waals surface area contributed by atoms with Crippen LogP contribution in [0, 0.1) is 0 Å². The summed E-state index contributed by atoms with van der Waals surface area (Å²) in [6.07, 6.45) is 3.24. The summed E-state index contributed by atoms with van der Waals surface area (Å²) in [4.78, 5) is 33.5. The maximum Gasteiger partial charge on any atom is 0.258 e. The van der Waals surface area contributed by atoms with Gasteiger partial charge in [0.25, 0.3) is 5.91 Å². The van der Waals surface area contributed by atoms with Crippen LogP contribution in [0.25, 0.3) is 5.70 Å². The maximum absolute atomic E-state index is 12.3. The van der Waals surface area contributed by atoms with Gasteiger partial charge < -0.3 is 4.90 Å². The van der Waals surface area contributed by atoms with Crippen molar-refractivity contribution in [3.05, 3.63) is 60.4 Å². The third-order valence-corrected chi connectivity index (χ3v) is 3.42. The van der Waals surface area contributed by atoms with Crippen molar-refractivity contribution in [1.29, 1.82) is 0 Å². The fourth-order valence-electron chi connectivity index (χ4n) is 2.34. The van der Waals surface area contributed by atoms with Crippen molar-refractivity contribution in [3.63, 3.8) is 0 Å². The molecule has 0 atom stereocenters. The Bertz CT molecular complexity index is 708. The molecule has 0 fully saturated rings. The molecular weight excluding hydrogens is 280 g/mol. The third kappa shape index (κ3) is 2.58. The van der Waals surface area contributed by atoms with Crippen molar-refractivity contribution in [3.8, 4) is 0 Å². The lowest BCUT2D eigenvalue weighted by molar-refractivity contribution is -0.116. The van der Waals surface area contributed by atoms with Crippen molar-refractivity contribution >= 4 is 23.5 Å². The Balaban J connectivity index is 1.62. The highest BCUT2D eigenvalue weighted by atomic mass is 16.2. The van der Waals surface area contributed by atoms with E-state index >= 15 is 0 Å². The minimum Gasteiger partial charge on any atom is -0.308 e. The zero-order valence-electron chi connectivity index (χ0n) is 11.8. The molecule has 0 radical (unpaired) electrons. The van der Waals surface area contributed by atoms with E-state index in [1.165, 1.54) is 4.90 Å². The molecule has 2 aromatic rings. The molecule has 0 saturated carbocycles. The monoisotopic (exact) mass is 294 g/mol. The van der Waals surface area contributed by atoms with Crippen LogP contribution in [0.2, 0.25) is 0 Å². The summed E-state index contributed by atoms with van der Waals surface area (Å²) in [5, 5.41) is 2.59. The number of anilines is 1. The second-order valence-electron chi connectivity index (χ2n) is 4.82. The number of rotatable bonds is 4. The predicted molar refractivity (Wildman–Crippen MR) is 81.8 cm³/mol. The van der Waals surface area contributed by atoms with Crippen LogP contribution in [-0.4, -0.2) is 33.2 Å². The molecule has 0 bridgehead atoms. The van der Waals surface area contributed by atoms with Gasteiger partial charge in [-0.05, 0) is 12.1 Å². The summed E-state index contributed by atoms with van der Waals surface area (Å²) in [6.45, 7) is 4.21. The second-order valence-corrected chi connectivity index (χ2v) is 4.82. The first-order valence-corrected chi connectivity index (χ1v) is 6.84. The van der Waals surface area contributed by atoms with Gasteiger partial charge in [0.05, 0.1) is 0 Å². The average molecular weight is 294 g/mol. The van der Waals surface area contributed by atoms with Gasteiger partial charge in [0.2, 0.25) is 11.9 Å². The number of hydrogen-bond acceptors (Lipinski definition) is 4. The van der Waals surface area contributed by atoms with Crippen LogP contribution in [0.15, 0.2) is 49.3 Å². The molecule has 1 aliphatic heterocycles. The van der Waals surface area contributed by atoms with Crippen LogP contribution in [0.5, 0.6) is 0 Å². The van der Waals surface area contributed by atoms with Crippen LogP contribution >= 0.6 is 0 Å². The van der Waals surface area contributed by atoms with Gasteiger partial charge in [-0.1, -0.05) is 24.8 Å². The lowest BCUT2D eigenvalue weighted by atomic mass is 10.1. The number of aromatic nitrogens is 2. The summed E-state index contributed by atoms with van der Waals surface area (Å²) in [6, 6.07) is 8.96. The zero-order valence-corrected chi connectivity index (χ0v) is 11.8. The summed E-state index contributed by atoms with van der Waals surface area (Å²) in [5.74, 6) is -0.116. The number of fused-ring (bicyclic) bond motifs is 1. The van der Waals surface area contributed by atoms with Crippen LogP contribution in [0.3, 0.4) is 0 Å². The predicted octanol–water partition coefficient (Wildman–Crippen LogP) is 1.93. The number of benzene rings is 1. The lowest BCUT2D eigenvalue weighted by Crippen LogP contribution is -2.27. The van der Waals surface area contributed by atoms with E-state index in [0.717, 1.165) is 5.56 Å². The lowest BCUT2D eigenvalue weighted by Gasteiger charge is -2.16. The molecular formula is C16H14N4O2. The number of nitrogens with zero attached hydrogens (tertiary/aromatic N) is 3. The fraction of sp³-hybridized carbons (Fsp3) is 0.125. The molecule has 3 rings (SSSR count). The van der Waals surface area contributed by atoms with E-state index in [9.17, 15) is 9.59 Å². The van der Waals surface area contributed by atoms with Crippen molar-refractivity contribution in [2.24, 2.45) is 0 Å². The van der Waals surface area contributed by atoms with Crippen molar-refractivity contribution in [1.82, 2.24) is 14.9 Å². The highest BCUT2D eigenvalue weighted by molar-refractivity contribution is 6.09. The second kappa shape index (κ2) is 5.77. The van der Waals surface area contributed by atoms with Gasteiger partial charge in [-0.3, -0.25) is 14.9 Å². The van der Waals surface area contributed by atoms with Gasteiger partial charge in [0.15, 0.2) is 0 Å². The molecule has 22 heavy (non-hydrogen) atoms. The normalized spacial score (nSPS) is 13.2. The van der Waals surface area contributed by atoms with Crippen LogP contribution in [0.1, 0.15) is 22.3 Å². The first-order valence-electron chi connectivity index (χ1n) is 6.84. The standard InChI is InChI=1S/C16H14N4O2/c1-11-12-5-2-3-6-13(12)15(22)20(11)10-7-14(21)19-16-17-8-4-9-18-16/h2-6,8-9H,1,7,10H2,(H,17,18,19,21). The van der Waals surface area contributed by atoms with E-state index in [2.05, 4.69) is 21.9 Å². The number of nitrogens with one attached hydrogen (secondary N) is 1. The zero-order chi connectivity index (χ0) is 15.5. The quantitative estimate of drug-likeness (QED) is 0.935. The van der Waals surface area contributed by atoms with Gasteiger partial charge in [-0.15, -0.1) is 0 Å². The highest BCUT2D eigenvalue weighted by Crippen LogP contribution is 2.30. The summed E-state index contributed by atoms with van der Waals surface area (Å²) in [5.41, 5.74) is 2.07. The Morgan fingerprint density at radius 1 is 1.14 bits per heavy atom. The number of carbonyl (C=O) groups is 2. The van der Waals surface area contributed by atoms with Crippen LogP contribution in [-0.2, 0) is 4.79 Å². The topological polar surface area (TPSA) is 75.2 Å². The first-order chi connectivity index (χ1) is 10.7. The molecule has 1 N–H and O–H groups in total. The van der Waals surface area contributed by atoms with E-state index in [1.807, 2.05) is 18.2 Å². The Hall–Kier alpha value is -3.02. The van der Waals surface area contributed by atoms with Crippen LogP contribution in [0.4, 0.5) is 5.95 Å². The molecule has 0 unspecified atom stereocenters. The van der Waals surface area contributed by atoms with Crippen molar-refractivity contribution in [2.45, 2.75) is 6.42 Å². The minimum atomic E-state index is -0.247. The third-order valence-electron chi connectivity index (χ3n) is 3.42. The number of carbonyl (C=O) groups excluding carboxylic acids is 2. The fourth-order valence-corrected chi connectivity index (χ4v) is 2.34. The molecule has 6 heteroatoms. The molecule has 0 spiro atoms. The largest absolute Gasteiger partial charge is 0.308 e. The molecule has 1 aromatic carbocycles. The average Bonchev–Trinajstić information content (AvgIpc) is 2.78. The van der Waals surface area contributed by atoms with Gasteiger partial charge in [-0.25, -0.2) is 9.97 Å². The summed E-state index contributed by atoms with van der Waals surface area (Å²) in [7, 11) is 0. The summed E-state index contributed by atoms with van der Waals surface area (Å²) < 4.78 is 0. The van der Waals surface area contributed by atoms with E-state index in [-0.39, 0.29) is 30.7 Å². The van der Waals surface area contributed by atoms with E-state index < -0.39 is 0 Å². The molecule has 0 saturated heterocycles. The highest BCUT2D eigenvalue weighted by Gasteiger charge is 2.30. The molecule has 1 aliphatic rings. The van der Waals surface area contributed by atoms with Gasteiger partial charge in [-0.2, -0.15) is 0 Å². The van der Waals surface area contributed by atoms with E-state index in [1.54, 1.807) is 24.5 Å². The Morgan fingerprint density at radius 3 is 2.50 bits per heavy atom. The smallest absolute Gasteiger partial charge is 0.258 e. The summed E-state index contributed by atoms with van der Waals surface area (Å²) >= 11 is 0. The van der Waals surface area contributed by atoms with Gasteiger partial charge in [0.1, 0.15) is 0 Å². The van der Waals surface area contributed by atoms with Crippen molar-refractivity contribution < 1.29 is 9.59 Å². The van der Waals surface area contributed by atoms with Crippen LogP contribution < -0.4 is 5.32 Å². The number of amides is 2. The number of hydrogen-bond donors (Lipinski definition) is 1. The Kier molecular flexibility index (Phi) is 3.65. The molecule has 110 valence electrons. The maximum atomic E-state index is 12.3. The van der Waals surface area contributed by atoms with E-state index in [0.29, 0.717) is 11.3 Å². The molecule has 2 amide bonds. The SMILES string of the molecule is C=C1c2ccccc2C(=O)N1CCC(=O)Nc1ncccn1. The molecule has 0 aliphatic carbocycles. The molecule has 1 aromatic heterocycles. The first kappa shape index (κ1) is 13.9. The molecule has 2 heterocycles.